The van der Waals surface area contributed by atoms with Gasteiger partial charge in [-0.25, -0.2) is 0 Å². The van der Waals surface area contributed by atoms with E-state index in [1.165, 1.54) is 53.4 Å². The Bertz CT molecular complexity index is 994. The van der Waals surface area contributed by atoms with E-state index in [2.05, 4.69) is 0 Å². The fourth-order valence-electron chi connectivity index (χ4n) is 3.84. The van der Waals surface area contributed by atoms with Crippen LogP contribution in [0.1, 0.15) is 25.7 Å². The summed E-state index contributed by atoms with van der Waals surface area (Å²) in [4.78, 5) is 26.5. The standard InChI is InChI=1S/C20H18ClNO5S/c21-13-5-11-16(12-6-13)28(25,26)27-15-9-7-14(8-10-15)22-19(23)17-3-1-2-4-18(17)20(22)24/h5-12,17-18H,1-4H2/t17-,18+. The molecule has 1 saturated heterocycles. The number of nitrogens with zero attached hydrogens (tertiary/aromatic N) is 1. The lowest BCUT2D eigenvalue weighted by atomic mass is 9.81. The average Bonchev–Trinajstić information content (AvgIpc) is 2.94. The smallest absolute Gasteiger partial charge is 0.339 e. The van der Waals surface area contributed by atoms with Gasteiger partial charge in [-0.05, 0) is 61.4 Å². The Kier molecular flexibility index (Phi) is 4.89. The van der Waals surface area contributed by atoms with Crippen molar-refractivity contribution in [3.63, 3.8) is 0 Å². The van der Waals surface area contributed by atoms with Crippen molar-refractivity contribution in [1.82, 2.24) is 0 Å². The molecule has 2 amide bonds. The fraction of sp³-hybridized carbons (Fsp3) is 0.300. The molecule has 146 valence electrons. The molecular weight excluding hydrogens is 402 g/mol. The highest BCUT2D eigenvalue weighted by Gasteiger charge is 2.48. The van der Waals surface area contributed by atoms with Crippen molar-refractivity contribution >= 4 is 39.2 Å². The predicted octanol–water partition coefficient (Wildman–Crippen LogP) is 3.79. The van der Waals surface area contributed by atoms with E-state index in [9.17, 15) is 18.0 Å². The number of hydrogen-bond acceptors (Lipinski definition) is 5. The molecule has 2 aromatic carbocycles. The second-order valence-electron chi connectivity index (χ2n) is 6.99. The van der Waals surface area contributed by atoms with Gasteiger partial charge >= 0.3 is 10.1 Å². The zero-order valence-electron chi connectivity index (χ0n) is 14.9. The van der Waals surface area contributed by atoms with Crippen LogP contribution in [-0.4, -0.2) is 20.2 Å². The second-order valence-corrected chi connectivity index (χ2v) is 8.98. The first-order chi connectivity index (χ1) is 13.4. The quantitative estimate of drug-likeness (QED) is 0.556. The van der Waals surface area contributed by atoms with Crippen LogP contribution in [0.15, 0.2) is 53.4 Å². The highest BCUT2D eigenvalue weighted by atomic mass is 35.5. The Labute approximate surface area is 168 Å². The van der Waals surface area contributed by atoms with Crippen molar-refractivity contribution in [2.75, 3.05) is 4.90 Å². The minimum Gasteiger partial charge on any atom is -0.379 e. The van der Waals surface area contributed by atoms with Gasteiger partial charge < -0.3 is 4.18 Å². The second kappa shape index (κ2) is 7.22. The van der Waals surface area contributed by atoms with Crippen LogP contribution in [0, 0.1) is 11.8 Å². The van der Waals surface area contributed by atoms with Gasteiger partial charge in [-0.1, -0.05) is 24.4 Å². The minimum atomic E-state index is -4.01. The highest BCUT2D eigenvalue weighted by Crippen LogP contribution is 2.40. The summed E-state index contributed by atoms with van der Waals surface area (Å²) in [6.07, 6.45) is 3.41. The first-order valence-corrected chi connectivity index (χ1v) is 10.8. The summed E-state index contributed by atoms with van der Waals surface area (Å²) in [5.74, 6) is -0.713. The van der Waals surface area contributed by atoms with Gasteiger partial charge in [0.15, 0.2) is 0 Å². The Morgan fingerprint density at radius 1 is 0.857 bits per heavy atom. The Balaban J connectivity index is 1.53. The van der Waals surface area contributed by atoms with E-state index in [1.54, 1.807) is 0 Å². The van der Waals surface area contributed by atoms with E-state index in [0.717, 1.165) is 25.7 Å². The number of fused-ring (bicyclic) bond motifs is 1. The Morgan fingerprint density at radius 3 is 1.93 bits per heavy atom. The van der Waals surface area contributed by atoms with Crippen molar-refractivity contribution in [1.29, 1.82) is 0 Å². The zero-order chi connectivity index (χ0) is 19.9. The lowest BCUT2D eigenvalue weighted by Gasteiger charge is -2.19. The van der Waals surface area contributed by atoms with Gasteiger partial charge in [-0.15, -0.1) is 0 Å². The molecule has 1 heterocycles. The highest BCUT2D eigenvalue weighted by molar-refractivity contribution is 7.87. The lowest BCUT2D eigenvalue weighted by Crippen LogP contribution is -2.30. The third-order valence-electron chi connectivity index (χ3n) is 5.24. The van der Waals surface area contributed by atoms with Gasteiger partial charge in [0.25, 0.3) is 0 Å². The molecule has 0 unspecified atom stereocenters. The van der Waals surface area contributed by atoms with E-state index in [0.29, 0.717) is 10.7 Å². The summed E-state index contributed by atoms with van der Waals surface area (Å²) in [5, 5.41) is 0.420. The molecule has 8 heteroatoms. The molecule has 1 aliphatic carbocycles. The molecule has 2 fully saturated rings. The van der Waals surface area contributed by atoms with Crippen LogP contribution >= 0.6 is 11.6 Å². The molecule has 0 aromatic heterocycles. The summed E-state index contributed by atoms with van der Waals surface area (Å²) in [7, 11) is -4.01. The molecule has 0 spiro atoms. The molecule has 1 aliphatic heterocycles. The number of anilines is 1. The molecule has 0 N–H and O–H groups in total. The van der Waals surface area contributed by atoms with E-state index >= 15 is 0 Å². The van der Waals surface area contributed by atoms with E-state index in [-0.39, 0.29) is 34.3 Å². The number of halogens is 1. The number of carbonyl (C=O) groups excluding carboxylic acids is 2. The maximum Gasteiger partial charge on any atom is 0.339 e. The molecule has 0 radical (unpaired) electrons. The van der Waals surface area contributed by atoms with Crippen molar-refractivity contribution in [2.45, 2.75) is 30.6 Å². The third kappa shape index (κ3) is 3.40. The SMILES string of the molecule is O=C1[C@H]2CCCC[C@H]2C(=O)N1c1ccc(OS(=O)(=O)c2ccc(Cl)cc2)cc1. The summed E-state index contributed by atoms with van der Waals surface area (Å²) >= 11 is 5.78. The number of carbonyl (C=O) groups is 2. The van der Waals surface area contributed by atoms with Crippen LogP contribution in [0.25, 0.3) is 0 Å². The van der Waals surface area contributed by atoms with Gasteiger partial charge in [0.2, 0.25) is 11.8 Å². The van der Waals surface area contributed by atoms with Crippen LogP contribution in [-0.2, 0) is 19.7 Å². The van der Waals surface area contributed by atoms with Crippen molar-refractivity contribution in [3.05, 3.63) is 53.6 Å². The van der Waals surface area contributed by atoms with Gasteiger partial charge in [0.05, 0.1) is 17.5 Å². The van der Waals surface area contributed by atoms with E-state index in [4.69, 9.17) is 15.8 Å². The molecule has 2 aliphatic rings. The lowest BCUT2D eigenvalue weighted by molar-refractivity contribution is -0.122. The molecule has 6 nitrogen and oxygen atoms in total. The Hall–Kier alpha value is -2.38. The molecule has 2 atom stereocenters. The number of benzene rings is 2. The molecule has 0 bridgehead atoms. The zero-order valence-corrected chi connectivity index (χ0v) is 16.4. The summed E-state index contributed by atoms with van der Waals surface area (Å²) in [6.45, 7) is 0. The van der Waals surface area contributed by atoms with Gasteiger partial charge in [0.1, 0.15) is 10.6 Å². The fourth-order valence-corrected chi connectivity index (χ4v) is 4.90. The predicted molar refractivity (Wildman–Crippen MR) is 104 cm³/mol. The van der Waals surface area contributed by atoms with Gasteiger partial charge in [0, 0.05) is 5.02 Å². The summed E-state index contributed by atoms with van der Waals surface area (Å²) < 4.78 is 29.8. The first-order valence-electron chi connectivity index (χ1n) is 9.05. The van der Waals surface area contributed by atoms with Gasteiger partial charge in [-0.2, -0.15) is 8.42 Å². The largest absolute Gasteiger partial charge is 0.379 e. The molecule has 1 saturated carbocycles. The molecule has 2 aromatic rings. The van der Waals surface area contributed by atoms with E-state index < -0.39 is 10.1 Å². The van der Waals surface area contributed by atoms with Crippen LogP contribution in [0.4, 0.5) is 5.69 Å². The number of amides is 2. The third-order valence-corrected chi connectivity index (χ3v) is 6.76. The topological polar surface area (TPSA) is 80.8 Å². The van der Waals surface area contributed by atoms with Crippen molar-refractivity contribution in [3.8, 4) is 5.75 Å². The number of rotatable bonds is 4. The molecule has 28 heavy (non-hydrogen) atoms. The normalized spacial score (nSPS) is 22.2. The number of hydrogen-bond donors (Lipinski definition) is 0. The maximum absolute atomic E-state index is 12.6. The van der Waals surface area contributed by atoms with Crippen molar-refractivity contribution in [2.24, 2.45) is 11.8 Å². The molecule has 4 rings (SSSR count). The Morgan fingerprint density at radius 2 is 1.39 bits per heavy atom. The minimum absolute atomic E-state index is 0.0186. The van der Waals surface area contributed by atoms with Gasteiger partial charge in [-0.3, -0.25) is 14.5 Å². The maximum atomic E-state index is 12.6. The van der Waals surface area contributed by atoms with Crippen LogP contribution in [0.5, 0.6) is 5.75 Å². The average molecular weight is 420 g/mol. The van der Waals surface area contributed by atoms with Crippen LogP contribution in [0.3, 0.4) is 0 Å². The summed E-state index contributed by atoms with van der Waals surface area (Å²) in [6, 6.07) is 11.6. The van der Waals surface area contributed by atoms with E-state index in [1.807, 2.05) is 0 Å². The first kappa shape index (κ1) is 19.0. The van der Waals surface area contributed by atoms with Crippen molar-refractivity contribution < 1.29 is 22.2 Å². The molecular formula is C20H18ClNO5S. The monoisotopic (exact) mass is 419 g/mol. The number of imide groups is 1. The van der Waals surface area contributed by atoms with Crippen LogP contribution in [0.2, 0.25) is 5.02 Å². The summed E-state index contributed by atoms with van der Waals surface area (Å²) in [5.41, 5.74) is 0.431. The van der Waals surface area contributed by atoms with Crippen LogP contribution < -0.4 is 9.08 Å².